The van der Waals surface area contributed by atoms with E-state index in [1.165, 1.54) is 16.7 Å². The van der Waals surface area contributed by atoms with Gasteiger partial charge in [-0.3, -0.25) is 0 Å². The highest BCUT2D eigenvalue weighted by Gasteiger charge is 2.18. The van der Waals surface area contributed by atoms with Crippen LogP contribution >= 0.6 is 11.8 Å². The first kappa shape index (κ1) is 18.5. The SMILES string of the molecule is CCn1c(SCc2cccc(C)c2)nnc1C(C)Oc1cccc(C)c1. The number of aromatic nitrogens is 3. The third-order valence-electron chi connectivity index (χ3n) is 4.18. The van der Waals surface area contributed by atoms with Crippen LogP contribution in [-0.2, 0) is 12.3 Å². The Labute approximate surface area is 159 Å². The molecule has 0 amide bonds. The lowest BCUT2D eigenvalue weighted by Gasteiger charge is -2.16. The predicted octanol–water partition coefficient (Wildman–Crippen LogP) is 5.35. The summed E-state index contributed by atoms with van der Waals surface area (Å²) < 4.78 is 8.22. The van der Waals surface area contributed by atoms with Gasteiger partial charge >= 0.3 is 0 Å². The van der Waals surface area contributed by atoms with E-state index in [0.717, 1.165) is 29.0 Å². The topological polar surface area (TPSA) is 39.9 Å². The van der Waals surface area contributed by atoms with Crippen LogP contribution in [-0.4, -0.2) is 14.8 Å². The average molecular weight is 368 g/mol. The Bertz CT molecular complexity index is 875. The maximum Gasteiger partial charge on any atom is 0.191 e. The van der Waals surface area contributed by atoms with Crippen LogP contribution in [0.3, 0.4) is 0 Å². The van der Waals surface area contributed by atoms with Crippen LogP contribution < -0.4 is 4.74 Å². The van der Waals surface area contributed by atoms with Crippen LogP contribution in [0.15, 0.2) is 53.7 Å². The monoisotopic (exact) mass is 367 g/mol. The first-order valence-electron chi connectivity index (χ1n) is 8.91. The smallest absolute Gasteiger partial charge is 0.191 e. The Morgan fingerprint density at radius 3 is 2.46 bits per heavy atom. The molecule has 26 heavy (non-hydrogen) atoms. The minimum absolute atomic E-state index is 0.155. The molecular weight excluding hydrogens is 342 g/mol. The maximum atomic E-state index is 6.08. The lowest BCUT2D eigenvalue weighted by atomic mass is 10.2. The number of benzene rings is 2. The molecule has 0 N–H and O–H groups in total. The molecule has 0 saturated carbocycles. The van der Waals surface area contributed by atoms with Gasteiger partial charge in [-0.15, -0.1) is 10.2 Å². The zero-order valence-corrected chi connectivity index (χ0v) is 16.6. The highest BCUT2D eigenvalue weighted by Crippen LogP contribution is 2.27. The van der Waals surface area contributed by atoms with Crippen LogP contribution in [0.25, 0.3) is 0 Å². The van der Waals surface area contributed by atoms with Crippen molar-refractivity contribution < 1.29 is 4.74 Å². The summed E-state index contributed by atoms with van der Waals surface area (Å²) in [5, 5.41) is 9.74. The molecule has 1 heterocycles. The standard InChI is InChI=1S/C21H25N3OS/c1-5-24-20(17(4)25-19-11-7-9-16(3)13-19)22-23-21(24)26-14-18-10-6-8-15(2)12-18/h6-13,17H,5,14H2,1-4H3. The van der Waals surface area contributed by atoms with E-state index in [4.69, 9.17) is 4.74 Å². The predicted molar refractivity (Wildman–Crippen MR) is 107 cm³/mol. The fourth-order valence-electron chi connectivity index (χ4n) is 2.90. The molecule has 1 atom stereocenters. The van der Waals surface area contributed by atoms with Crippen LogP contribution in [0.2, 0.25) is 0 Å². The third-order valence-corrected chi connectivity index (χ3v) is 5.22. The van der Waals surface area contributed by atoms with Gasteiger partial charge in [0.2, 0.25) is 0 Å². The van der Waals surface area contributed by atoms with E-state index in [2.05, 4.69) is 65.9 Å². The number of aryl methyl sites for hydroxylation is 2. The Morgan fingerprint density at radius 2 is 1.77 bits per heavy atom. The van der Waals surface area contributed by atoms with Crippen molar-refractivity contribution in [1.82, 2.24) is 14.8 Å². The van der Waals surface area contributed by atoms with E-state index in [9.17, 15) is 0 Å². The van der Waals surface area contributed by atoms with Crippen molar-refractivity contribution in [2.45, 2.75) is 51.3 Å². The van der Waals surface area contributed by atoms with Crippen molar-refractivity contribution >= 4 is 11.8 Å². The molecule has 0 fully saturated rings. The Morgan fingerprint density at radius 1 is 1.04 bits per heavy atom. The Kier molecular flexibility index (Phi) is 5.99. The average Bonchev–Trinajstić information content (AvgIpc) is 3.03. The highest BCUT2D eigenvalue weighted by atomic mass is 32.2. The quantitative estimate of drug-likeness (QED) is 0.528. The molecule has 0 aliphatic carbocycles. The molecule has 1 unspecified atom stereocenters. The van der Waals surface area contributed by atoms with Crippen molar-refractivity contribution in [3.8, 4) is 5.75 Å². The molecule has 3 aromatic rings. The fourth-order valence-corrected chi connectivity index (χ4v) is 3.85. The zero-order valence-electron chi connectivity index (χ0n) is 15.8. The number of hydrogen-bond donors (Lipinski definition) is 0. The van der Waals surface area contributed by atoms with Crippen LogP contribution in [0.5, 0.6) is 5.75 Å². The van der Waals surface area contributed by atoms with Crippen LogP contribution in [0.4, 0.5) is 0 Å². The molecule has 4 nitrogen and oxygen atoms in total. The second kappa shape index (κ2) is 8.41. The number of nitrogens with zero attached hydrogens (tertiary/aromatic N) is 3. The van der Waals surface area contributed by atoms with Crippen molar-refractivity contribution in [2.24, 2.45) is 0 Å². The molecular formula is C21H25N3OS. The van der Waals surface area contributed by atoms with Crippen molar-refractivity contribution in [2.75, 3.05) is 0 Å². The summed E-state index contributed by atoms with van der Waals surface area (Å²) in [5.41, 5.74) is 3.76. The summed E-state index contributed by atoms with van der Waals surface area (Å²) >= 11 is 1.71. The summed E-state index contributed by atoms with van der Waals surface area (Å²) in [4.78, 5) is 0. The molecule has 1 aromatic heterocycles. The molecule has 0 bridgehead atoms. The molecule has 0 aliphatic rings. The normalized spacial score (nSPS) is 12.2. The van der Waals surface area contributed by atoms with Gasteiger partial charge < -0.3 is 9.30 Å². The lowest BCUT2D eigenvalue weighted by Crippen LogP contribution is -2.12. The number of thioether (sulfide) groups is 1. The van der Waals surface area contributed by atoms with Gasteiger partial charge in [-0.1, -0.05) is 53.7 Å². The fraction of sp³-hybridized carbons (Fsp3) is 0.333. The highest BCUT2D eigenvalue weighted by molar-refractivity contribution is 7.98. The minimum atomic E-state index is -0.155. The van der Waals surface area contributed by atoms with E-state index in [0.29, 0.717) is 0 Å². The Hall–Kier alpha value is -2.27. The molecule has 0 aliphatic heterocycles. The molecule has 136 valence electrons. The van der Waals surface area contributed by atoms with Crippen molar-refractivity contribution in [3.05, 3.63) is 71.0 Å². The van der Waals surface area contributed by atoms with Gasteiger partial charge in [-0.05, 0) is 51.0 Å². The number of hydrogen-bond acceptors (Lipinski definition) is 4. The van der Waals surface area contributed by atoms with E-state index in [1.54, 1.807) is 11.8 Å². The first-order valence-corrected chi connectivity index (χ1v) is 9.90. The van der Waals surface area contributed by atoms with Gasteiger partial charge in [0.15, 0.2) is 17.1 Å². The molecule has 2 aromatic carbocycles. The van der Waals surface area contributed by atoms with Gasteiger partial charge in [0.05, 0.1) is 0 Å². The third kappa shape index (κ3) is 4.47. The van der Waals surface area contributed by atoms with Crippen LogP contribution in [0, 0.1) is 13.8 Å². The van der Waals surface area contributed by atoms with Crippen molar-refractivity contribution in [1.29, 1.82) is 0 Å². The molecule has 0 radical (unpaired) electrons. The summed E-state index contributed by atoms with van der Waals surface area (Å²) in [5.74, 6) is 2.60. The molecule has 5 heteroatoms. The van der Waals surface area contributed by atoms with Gasteiger partial charge in [0, 0.05) is 12.3 Å². The van der Waals surface area contributed by atoms with Crippen LogP contribution in [0.1, 0.15) is 42.5 Å². The first-order chi connectivity index (χ1) is 12.6. The number of ether oxygens (including phenoxy) is 1. The van der Waals surface area contributed by atoms with E-state index in [1.807, 2.05) is 25.1 Å². The van der Waals surface area contributed by atoms with Gasteiger partial charge in [-0.25, -0.2) is 0 Å². The summed E-state index contributed by atoms with van der Waals surface area (Å²) in [7, 11) is 0. The second-order valence-electron chi connectivity index (χ2n) is 6.44. The molecule has 0 spiro atoms. The largest absolute Gasteiger partial charge is 0.483 e. The Balaban J connectivity index is 1.72. The van der Waals surface area contributed by atoms with Gasteiger partial charge in [0.1, 0.15) is 5.75 Å². The zero-order chi connectivity index (χ0) is 18.5. The minimum Gasteiger partial charge on any atom is -0.483 e. The van der Waals surface area contributed by atoms with Gasteiger partial charge in [0.25, 0.3) is 0 Å². The van der Waals surface area contributed by atoms with E-state index < -0.39 is 0 Å². The second-order valence-corrected chi connectivity index (χ2v) is 7.38. The summed E-state index contributed by atoms with van der Waals surface area (Å²) in [6, 6.07) is 16.7. The maximum absolute atomic E-state index is 6.08. The van der Waals surface area contributed by atoms with Gasteiger partial charge in [-0.2, -0.15) is 0 Å². The van der Waals surface area contributed by atoms with E-state index in [-0.39, 0.29) is 6.10 Å². The molecule has 0 saturated heterocycles. The van der Waals surface area contributed by atoms with Crippen molar-refractivity contribution in [3.63, 3.8) is 0 Å². The summed E-state index contributed by atoms with van der Waals surface area (Å²) in [6.45, 7) is 9.13. The van der Waals surface area contributed by atoms with E-state index >= 15 is 0 Å². The molecule has 3 rings (SSSR count). The summed E-state index contributed by atoms with van der Waals surface area (Å²) in [6.07, 6.45) is -0.155. The number of rotatable bonds is 7. The lowest BCUT2D eigenvalue weighted by molar-refractivity contribution is 0.210.